The van der Waals surface area contributed by atoms with Crippen LogP contribution in [-0.2, 0) is 16.0 Å². The maximum atomic E-state index is 12.9. The number of carbonyl (C=O) groups is 2. The number of piperidine rings is 1. The SMILES string of the molecule is COc1cccc(CC(=O)N2CC[C@H]3[C@@H]2CCC(=O)N3CC2CC2)c1. The van der Waals surface area contributed by atoms with Gasteiger partial charge in [-0.15, -0.1) is 0 Å². The molecule has 2 atom stereocenters. The molecule has 5 heteroatoms. The molecule has 2 heterocycles. The molecule has 25 heavy (non-hydrogen) atoms. The first-order valence-electron chi connectivity index (χ1n) is 9.37. The summed E-state index contributed by atoms with van der Waals surface area (Å²) < 4.78 is 5.25. The van der Waals surface area contributed by atoms with Gasteiger partial charge < -0.3 is 14.5 Å². The number of fused-ring (bicyclic) bond motifs is 1. The molecule has 1 aromatic carbocycles. The first-order chi connectivity index (χ1) is 12.2. The molecule has 1 aliphatic carbocycles. The second kappa shape index (κ2) is 6.70. The van der Waals surface area contributed by atoms with E-state index in [1.54, 1.807) is 7.11 Å². The van der Waals surface area contributed by atoms with Crippen LogP contribution in [0.1, 0.15) is 37.7 Å². The predicted molar refractivity (Wildman–Crippen MR) is 94.3 cm³/mol. The average Bonchev–Trinajstić information content (AvgIpc) is 3.33. The van der Waals surface area contributed by atoms with Crippen molar-refractivity contribution in [2.24, 2.45) is 5.92 Å². The number of nitrogens with zero attached hydrogens (tertiary/aromatic N) is 2. The van der Waals surface area contributed by atoms with E-state index in [9.17, 15) is 9.59 Å². The Kier molecular flexibility index (Phi) is 4.40. The van der Waals surface area contributed by atoms with E-state index in [1.807, 2.05) is 29.2 Å². The maximum absolute atomic E-state index is 12.9. The molecular formula is C20H26N2O3. The standard InChI is InChI=1S/C20H26N2O3/c1-25-16-4-2-3-15(11-16)12-20(24)21-10-9-18-17(21)7-8-19(23)22(18)13-14-5-6-14/h2-4,11,14,17-18H,5-10,12-13H2,1H3/t17-,18-/m0/s1. The quantitative estimate of drug-likeness (QED) is 0.825. The molecule has 3 fully saturated rings. The number of rotatable bonds is 5. The monoisotopic (exact) mass is 342 g/mol. The maximum Gasteiger partial charge on any atom is 0.227 e. The van der Waals surface area contributed by atoms with Crippen molar-refractivity contribution in [2.45, 2.75) is 50.6 Å². The van der Waals surface area contributed by atoms with Gasteiger partial charge in [-0.05, 0) is 49.3 Å². The predicted octanol–water partition coefficient (Wildman–Crippen LogP) is 2.24. The lowest BCUT2D eigenvalue weighted by atomic mass is 9.95. The highest BCUT2D eigenvalue weighted by Crippen LogP contribution is 2.36. The number of likely N-dealkylation sites (tertiary alicyclic amines) is 2. The third-order valence-electron chi connectivity index (χ3n) is 5.85. The number of methoxy groups -OCH3 is 1. The van der Waals surface area contributed by atoms with Crippen LogP contribution in [0.4, 0.5) is 0 Å². The smallest absolute Gasteiger partial charge is 0.227 e. The normalized spacial score (nSPS) is 25.9. The Morgan fingerprint density at radius 2 is 2.04 bits per heavy atom. The van der Waals surface area contributed by atoms with Crippen LogP contribution >= 0.6 is 0 Å². The molecule has 0 bridgehead atoms. The van der Waals surface area contributed by atoms with Crippen molar-refractivity contribution < 1.29 is 14.3 Å². The summed E-state index contributed by atoms with van der Waals surface area (Å²) in [5, 5.41) is 0. The topological polar surface area (TPSA) is 49.9 Å². The van der Waals surface area contributed by atoms with Gasteiger partial charge in [0.1, 0.15) is 5.75 Å². The second-order valence-electron chi connectivity index (χ2n) is 7.57. The zero-order valence-electron chi connectivity index (χ0n) is 14.8. The van der Waals surface area contributed by atoms with Gasteiger partial charge in [-0.2, -0.15) is 0 Å². The molecule has 134 valence electrons. The Labute approximate surface area is 148 Å². The Balaban J connectivity index is 1.44. The van der Waals surface area contributed by atoms with Crippen molar-refractivity contribution in [1.29, 1.82) is 0 Å². The van der Waals surface area contributed by atoms with Crippen molar-refractivity contribution in [3.05, 3.63) is 29.8 Å². The summed E-state index contributed by atoms with van der Waals surface area (Å²) in [6, 6.07) is 8.14. The molecule has 2 amide bonds. The fourth-order valence-corrected chi connectivity index (χ4v) is 4.33. The number of hydrogen-bond donors (Lipinski definition) is 0. The molecule has 1 saturated carbocycles. The van der Waals surface area contributed by atoms with E-state index in [-0.39, 0.29) is 23.9 Å². The van der Waals surface area contributed by atoms with Crippen LogP contribution in [0.2, 0.25) is 0 Å². The molecule has 0 radical (unpaired) electrons. The summed E-state index contributed by atoms with van der Waals surface area (Å²) >= 11 is 0. The fraction of sp³-hybridized carbons (Fsp3) is 0.600. The molecule has 5 nitrogen and oxygen atoms in total. The number of ether oxygens (including phenoxy) is 1. The third kappa shape index (κ3) is 3.37. The summed E-state index contributed by atoms with van der Waals surface area (Å²) in [7, 11) is 1.64. The summed E-state index contributed by atoms with van der Waals surface area (Å²) in [6.07, 6.45) is 5.22. The highest BCUT2D eigenvalue weighted by molar-refractivity contribution is 5.81. The van der Waals surface area contributed by atoms with Crippen molar-refractivity contribution in [3.63, 3.8) is 0 Å². The van der Waals surface area contributed by atoms with Crippen molar-refractivity contribution in [3.8, 4) is 5.75 Å². The van der Waals surface area contributed by atoms with Crippen molar-refractivity contribution in [1.82, 2.24) is 9.80 Å². The number of benzene rings is 1. The van der Waals surface area contributed by atoms with E-state index in [1.165, 1.54) is 12.8 Å². The molecule has 2 saturated heterocycles. The van der Waals surface area contributed by atoms with Crippen LogP contribution in [0.25, 0.3) is 0 Å². The van der Waals surface area contributed by atoms with E-state index >= 15 is 0 Å². The second-order valence-corrected chi connectivity index (χ2v) is 7.57. The number of amides is 2. The summed E-state index contributed by atoms with van der Waals surface area (Å²) in [5.74, 6) is 1.93. The van der Waals surface area contributed by atoms with Crippen LogP contribution in [0, 0.1) is 5.92 Å². The zero-order chi connectivity index (χ0) is 17.4. The molecule has 0 unspecified atom stereocenters. The summed E-state index contributed by atoms with van der Waals surface area (Å²) in [4.78, 5) is 29.3. The number of hydrogen-bond acceptors (Lipinski definition) is 3. The van der Waals surface area contributed by atoms with E-state index in [2.05, 4.69) is 4.90 Å². The van der Waals surface area contributed by atoms with Crippen LogP contribution in [-0.4, -0.2) is 53.9 Å². The van der Waals surface area contributed by atoms with Gasteiger partial charge in [-0.25, -0.2) is 0 Å². The third-order valence-corrected chi connectivity index (χ3v) is 5.85. The fourth-order valence-electron chi connectivity index (χ4n) is 4.33. The van der Waals surface area contributed by atoms with Gasteiger partial charge in [-0.1, -0.05) is 12.1 Å². The Morgan fingerprint density at radius 1 is 1.20 bits per heavy atom. The van der Waals surface area contributed by atoms with Gasteiger partial charge in [0.15, 0.2) is 0 Å². The van der Waals surface area contributed by atoms with Gasteiger partial charge in [0.2, 0.25) is 11.8 Å². The van der Waals surface area contributed by atoms with Crippen molar-refractivity contribution in [2.75, 3.05) is 20.2 Å². The average molecular weight is 342 g/mol. The lowest BCUT2D eigenvalue weighted by Gasteiger charge is -2.40. The first-order valence-corrected chi connectivity index (χ1v) is 9.37. The Bertz CT molecular complexity index is 671. The highest BCUT2D eigenvalue weighted by atomic mass is 16.5. The Morgan fingerprint density at radius 3 is 2.80 bits per heavy atom. The van der Waals surface area contributed by atoms with E-state index in [0.717, 1.165) is 37.2 Å². The Hall–Kier alpha value is -2.04. The molecule has 0 aromatic heterocycles. The molecule has 0 spiro atoms. The molecular weight excluding hydrogens is 316 g/mol. The first kappa shape index (κ1) is 16.4. The van der Waals surface area contributed by atoms with Crippen LogP contribution < -0.4 is 4.74 Å². The van der Waals surface area contributed by atoms with E-state index in [4.69, 9.17) is 4.74 Å². The molecule has 0 N–H and O–H groups in total. The van der Waals surface area contributed by atoms with Gasteiger partial charge >= 0.3 is 0 Å². The van der Waals surface area contributed by atoms with Crippen LogP contribution in [0.3, 0.4) is 0 Å². The minimum Gasteiger partial charge on any atom is -0.497 e. The lowest BCUT2D eigenvalue weighted by Crippen LogP contribution is -2.53. The molecule has 2 aliphatic heterocycles. The molecule has 1 aromatic rings. The van der Waals surface area contributed by atoms with E-state index < -0.39 is 0 Å². The van der Waals surface area contributed by atoms with Crippen molar-refractivity contribution >= 4 is 11.8 Å². The minimum absolute atomic E-state index is 0.168. The highest BCUT2D eigenvalue weighted by Gasteiger charge is 2.45. The van der Waals surface area contributed by atoms with Gasteiger partial charge in [0, 0.05) is 19.5 Å². The summed E-state index contributed by atoms with van der Waals surface area (Å²) in [6.45, 7) is 1.67. The number of carbonyl (C=O) groups excluding carboxylic acids is 2. The van der Waals surface area contributed by atoms with Crippen LogP contribution in [0.15, 0.2) is 24.3 Å². The molecule has 4 rings (SSSR count). The zero-order valence-corrected chi connectivity index (χ0v) is 14.8. The van der Waals surface area contributed by atoms with E-state index in [0.29, 0.717) is 18.8 Å². The van der Waals surface area contributed by atoms with Gasteiger partial charge in [0.25, 0.3) is 0 Å². The minimum atomic E-state index is 0.168. The lowest BCUT2D eigenvalue weighted by molar-refractivity contribution is -0.141. The van der Waals surface area contributed by atoms with Crippen LogP contribution in [0.5, 0.6) is 5.75 Å². The van der Waals surface area contributed by atoms with Gasteiger partial charge in [-0.3, -0.25) is 9.59 Å². The largest absolute Gasteiger partial charge is 0.497 e. The summed E-state index contributed by atoms with van der Waals surface area (Å²) in [5.41, 5.74) is 0.981. The van der Waals surface area contributed by atoms with Gasteiger partial charge in [0.05, 0.1) is 25.6 Å². The molecule has 3 aliphatic rings.